The zero-order chi connectivity index (χ0) is 18.1. The second kappa shape index (κ2) is 6.96. The van der Waals surface area contributed by atoms with Gasteiger partial charge in [-0.2, -0.15) is 0 Å². The second-order valence-electron chi connectivity index (χ2n) is 6.47. The summed E-state index contributed by atoms with van der Waals surface area (Å²) in [5, 5.41) is 3.59. The van der Waals surface area contributed by atoms with Gasteiger partial charge in [-0.3, -0.25) is 4.79 Å². The van der Waals surface area contributed by atoms with Crippen molar-refractivity contribution in [2.45, 2.75) is 12.0 Å². The lowest BCUT2D eigenvalue weighted by Gasteiger charge is -2.26. The van der Waals surface area contributed by atoms with E-state index in [4.69, 9.17) is 0 Å². The normalized spacial score (nSPS) is 17.1. The van der Waals surface area contributed by atoms with Gasteiger partial charge in [0.2, 0.25) is 5.91 Å². The Labute approximate surface area is 161 Å². The number of benzene rings is 3. The smallest absolute Gasteiger partial charge is 0.236 e. The van der Waals surface area contributed by atoms with E-state index < -0.39 is 0 Å². The number of hydrogen-bond acceptors (Lipinski definition) is 2. The van der Waals surface area contributed by atoms with Gasteiger partial charge in [0.15, 0.2) is 0 Å². The molecule has 3 aromatic rings. The van der Waals surface area contributed by atoms with Crippen LogP contribution in [0.15, 0.2) is 83.3 Å². The third-order valence-electron chi connectivity index (χ3n) is 4.89. The van der Waals surface area contributed by atoms with E-state index in [1.54, 1.807) is 4.90 Å². The highest BCUT2D eigenvalue weighted by Crippen LogP contribution is 2.44. The molecule has 4 rings (SSSR count). The van der Waals surface area contributed by atoms with Crippen molar-refractivity contribution in [1.82, 2.24) is 0 Å². The van der Waals surface area contributed by atoms with Gasteiger partial charge in [-0.1, -0.05) is 64.5 Å². The number of para-hydroxylation sites is 2. The van der Waals surface area contributed by atoms with Crippen LogP contribution in [0.2, 0.25) is 0 Å². The Balaban J connectivity index is 1.80. The minimum atomic E-state index is -0.266. The fraction of sp³-hybridized carbons (Fsp3) is 0.136. The van der Waals surface area contributed by atoms with Gasteiger partial charge in [0.25, 0.3) is 0 Å². The molecule has 1 aliphatic heterocycles. The van der Waals surface area contributed by atoms with Crippen molar-refractivity contribution in [3.05, 3.63) is 94.5 Å². The van der Waals surface area contributed by atoms with Gasteiger partial charge in [0, 0.05) is 22.9 Å². The van der Waals surface area contributed by atoms with Crippen molar-refractivity contribution >= 4 is 33.2 Å². The largest absolute Gasteiger partial charge is 0.377 e. The molecule has 0 aromatic heterocycles. The van der Waals surface area contributed by atoms with Gasteiger partial charge < -0.3 is 10.2 Å². The summed E-state index contributed by atoms with van der Waals surface area (Å²) in [6.07, 6.45) is 0. The monoisotopic (exact) mass is 406 g/mol. The van der Waals surface area contributed by atoms with Crippen LogP contribution in [-0.2, 0) is 4.79 Å². The molecule has 1 aliphatic rings. The van der Waals surface area contributed by atoms with E-state index in [1.807, 2.05) is 67.7 Å². The van der Waals surface area contributed by atoms with Crippen molar-refractivity contribution in [1.29, 1.82) is 0 Å². The van der Waals surface area contributed by atoms with Gasteiger partial charge in [-0.05, 0) is 41.5 Å². The molecule has 0 saturated heterocycles. The number of nitrogens with one attached hydrogen (secondary N) is 1. The molecule has 1 N–H and O–H groups in total. The van der Waals surface area contributed by atoms with Crippen molar-refractivity contribution in [3.8, 4) is 0 Å². The number of halogens is 1. The number of fused-ring (bicyclic) bond motifs is 1. The van der Waals surface area contributed by atoms with E-state index in [1.165, 1.54) is 0 Å². The first-order chi connectivity index (χ1) is 12.6. The highest BCUT2D eigenvalue weighted by Gasteiger charge is 2.40. The molecule has 3 aromatic carbocycles. The zero-order valence-electron chi connectivity index (χ0n) is 14.4. The summed E-state index contributed by atoms with van der Waals surface area (Å²) in [6, 6.07) is 26.1. The van der Waals surface area contributed by atoms with Crippen LogP contribution in [0.4, 0.5) is 11.4 Å². The predicted octanol–water partition coefficient (Wildman–Crippen LogP) is 5.36. The van der Waals surface area contributed by atoms with Crippen molar-refractivity contribution in [2.24, 2.45) is 0 Å². The first kappa shape index (κ1) is 16.9. The minimum Gasteiger partial charge on any atom is -0.377 e. The lowest BCUT2D eigenvalue weighted by molar-refractivity contribution is -0.119. The minimum absolute atomic E-state index is 0.113. The van der Waals surface area contributed by atoms with E-state index in [0.717, 1.165) is 27.0 Å². The third kappa shape index (κ3) is 3.01. The molecule has 3 nitrogen and oxygen atoms in total. The number of hydrogen-bond donors (Lipinski definition) is 1. The first-order valence-corrected chi connectivity index (χ1v) is 9.38. The van der Waals surface area contributed by atoms with Crippen LogP contribution in [0.25, 0.3) is 0 Å². The van der Waals surface area contributed by atoms with E-state index in [0.29, 0.717) is 0 Å². The number of carbonyl (C=O) groups is 1. The average Bonchev–Trinajstić information content (AvgIpc) is 2.93. The maximum absolute atomic E-state index is 13.1. The Kier molecular flexibility index (Phi) is 4.51. The highest BCUT2D eigenvalue weighted by molar-refractivity contribution is 9.10. The molecule has 1 heterocycles. The maximum atomic E-state index is 13.1. The topological polar surface area (TPSA) is 32.3 Å². The van der Waals surface area contributed by atoms with Crippen LogP contribution in [-0.4, -0.2) is 13.0 Å². The molecule has 0 spiro atoms. The van der Waals surface area contributed by atoms with Crippen LogP contribution < -0.4 is 10.2 Å². The summed E-state index contributed by atoms with van der Waals surface area (Å²) in [5.41, 5.74) is 4.14. The third-order valence-corrected chi connectivity index (χ3v) is 5.42. The highest BCUT2D eigenvalue weighted by atomic mass is 79.9. The molecule has 130 valence electrons. The summed E-state index contributed by atoms with van der Waals surface area (Å²) < 4.78 is 1.02. The molecule has 0 bridgehead atoms. The quantitative estimate of drug-likeness (QED) is 0.631. The maximum Gasteiger partial charge on any atom is 0.236 e. The average molecular weight is 407 g/mol. The molecule has 2 unspecified atom stereocenters. The summed E-state index contributed by atoms with van der Waals surface area (Å²) in [6.45, 7) is 0. The number of amides is 1. The molecule has 0 radical (unpaired) electrons. The Morgan fingerprint density at radius 3 is 2.31 bits per heavy atom. The standard InChI is InChI=1S/C22H19BrN2O/c1-25-19-10-6-5-9-18(19)20(22(25)26)21(15-11-13-16(23)14-12-15)24-17-7-3-2-4-8-17/h2-14,20-21,24H,1H3. The van der Waals surface area contributed by atoms with Gasteiger partial charge >= 0.3 is 0 Å². The SMILES string of the molecule is CN1C(=O)C(C(Nc2ccccc2)c2ccc(Br)cc2)c2ccccc21. The fourth-order valence-corrected chi connectivity index (χ4v) is 3.85. The summed E-state index contributed by atoms with van der Waals surface area (Å²) in [7, 11) is 1.85. The number of carbonyl (C=O) groups excluding carboxylic acids is 1. The summed E-state index contributed by atoms with van der Waals surface area (Å²) in [5.74, 6) is -0.153. The Morgan fingerprint density at radius 1 is 0.923 bits per heavy atom. The van der Waals surface area contributed by atoms with Gasteiger partial charge in [0.05, 0.1) is 12.0 Å². The van der Waals surface area contributed by atoms with E-state index in [2.05, 4.69) is 39.4 Å². The summed E-state index contributed by atoms with van der Waals surface area (Å²) in [4.78, 5) is 14.9. The van der Waals surface area contributed by atoms with Gasteiger partial charge in [0.1, 0.15) is 0 Å². The van der Waals surface area contributed by atoms with E-state index >= 15 is 0 Å². The van der Waals surface area contributed by atoms with Crippen LogP contribution in [0.5, 0.6) is 0 Å². The lowest BCUT2D eigenvalue weighted by Crippen LogP contribution is -2.30. The van der Waals surface area contributed by atoms with Crippen LogP contribution in [0, 0.1) is 0 Å². The Bertz CT molecular complexity index is 924. The summed E-state index contributed by atoms with van der Waals surface area (Å²) >= 11 is 3.50. The second-order valence-corrected chi connectivity index (χ2v) is 7.39. The molecule has 4 heteroatoms. The van der Waals surface area contributed by atoms with Gasteiger partial charge in [-0.15, -0.1) is 0 Å². The van der Waals surface area contributed by atoms with Crippen LogP contribution >= 0.6 is 15.9 Å². The Morgan fingerprint density at radius 2 is 1.58 bits per heavy atom. The number of anilines is 2. The fourth-order valence-electron chi connectivity index (χ4n) is 3.58. The zero-order valence-corrected chi connectivity index (χ0v) is 16.0. The molecular weight excluding hydrogens is 388 g/mol. The molecule has 26 heavy (non-hydrogen) atoms. The molecule has 0 aliphatic carbocycles. The lowest BCUT2D eigenvalue weighted by atomic mass is 9.87. The number of nitrogens with zero attached hydrogens (tertiary/aromatic N) is 1. The van der Waals surface area contributed by atoms with E-state index in [-0.39, 0.29) is 17.9 Å². The molecule has 2 atom stereocenters. The van der Waals surface area contributed by atoms with Crippen molar-refractivity contribution in [2.75, 3.05) is 17.3 Å². The van der Waals surface area contributed by atoms with Gasteiger partial charge in [-0.25, -0.2) is 0 Å². The van der Waals surface area contributed by atoms with Crippen LogP contribution in [0.3, 0.4) is 0 Å². The number of rotatable bonds is 4. The first-order valence-electron chi connectivity index (χ1n) is 8.58. The molecular formula is C22H19BrN2O. The van der Waals surface area contributed by atoms with E-state index in [9.17, 15) is 4.79 Å². The molecule has 1 amide bonds. The van der Waals surface area contributed by atoms with Crippen LogP contribution in [0.1, 0.15) is 23.1 Å². The van der Waals surface area contributed by atoms with Crippen molar-refractivity contribution < 1.29 is 4.79 Å². The van der Waals surface area contributed by atoms with Crippen molar-refractivity contribution in [3.63, 3.8) is 0 Å². The molecule has 0 saturated carbocycles. The molecule has 0 fully saturated rings. The Hall–Kier alpha value is -2.59. The predicted molar refractivity (Wildman–Crippen MR) is 110 cm³/mol. The number of likely N-dealkylation sites (N-methyl/N-ethyl adjacent to an activating group) is 1.